The third-order valence-corrected chi connectivity index (χ3v) is 19.7. The minimum atomic E-state index is -0.230. The van der Waals surface area contributed by atoms with Crippen LogP contribution >= 0.6 is 0 Å². The second kappa shape index (κ2) is 20.8. The quantitative estimate of drug-likeness (QED) is 0.0995. The van der Waals surface area contributed by atoms with Gasteiger partial charge in [0, 0.05) is 43.7 Å². The summed E-state index contributed by atoms with van der Waals surface area (Å²) in [6.45, 7) is 9.57. The molecule has 0 fully saturated rings. The maximum atomic E-state index is 2.50. The number of benzene rings is 15. The number of hydrogen-bond donors (Lipinski definition) is 0. The first-order valence-corrected chi connectivity index (χ1v) is 31.5. The number of rotatable bonds is 10. The highest BCUT2D eigenvalue weighted by atomic mass is 15.2. The van der Waals surface area contributed by atoms with Gasteiger partial charge in [0.15, 0.2) is 0 Å². The molecule has 0 amide bonds. The van der Waals surface area contributed by atoms with Crippen LogP contribution in [0.3, 0.4) is 0 Å². The first-order chi connectivity index (χ1) is 44.1. The van der Waals surface area contributed by atoms with E-state index in [1.54, 1.807) is 0 Å². The van der Waals surface area contributed by atoms with Crippen LogP contribution in [0.1, 0.15) is 72.2 Å². The molecule has 17 rings (SSSR count). The molecule has 0 atom stereocenters. The molecule has 0 heterocycles. The molecule has 0 aliphatic heterocycles. The van der Waals surface area contributed by atoms with Gasteiger partial charge in [-0.15, -0.1) is 0 Å². The molecule has 15 aromatic rings. The molecule has 2 aliphatic rings. The van der Waals surface area contributed by atoms with Crippen molar-refractivity contribution in [2.24, 2.45) is 0 Å². The topological polar surface area (TPSA) is 6.48 Å². The lowest BCUT2D eigenvalue weighted by Gasteiger charge is -2.30. The average Bonchev–Trinajstić information content (AvgIpc) is 1.48. The van der Waals surface area contributed by atoms with Gasteiger partial charge in [0.05, 0.1) is 22.7 Å². The lowest BCUT2D eigenvalue weighted by atomic mass is 9.81. The van der Waals surface area contributed by atoms with Crippen LogP contribution in [0.4, 0.5) is 34.1 Å². The lowest BCUT2D eigenvalue weighted by molar-refractivity contribution is 0.660. The normalized spacial score (nSPS) is 13.6. The monoisotopic (exact) mass is 1150 g/mol. The summed E-state index contributed by atoms with van der Waals surface area (Å²) >= 11 is 0. The molecule has 426 valence electrons. The Morgan fingerprint density at radius 2 is 0.522 bits per heavy atom. The highest BCUT2D eigenvalue weighted by molar-refractivity contribution is 6.17. The van der Waals surface area contributed by atoms with Crippen LogP contribution in [0, 0.1) is 0 Å². The molecule has 90 heavy (non-hydrogen) atoms. The first kappa shape index (κ1) is 53.2. The first-order valence-electron chi connectivity index (χ1n) is 31.5. The van der Waals surface area contributed by atoms with Crippen molar-refractivity contribution in [3.8, 4) is 22.3 Å². The Morgan fingerprint density at radius 1 is 0.222 bits per heavy atom. The Labute approximate surface area is 526 Å². The van der Waals surface area contributed by atoms with Gasteiger partial charge in [-0.2, -0.15) is 0 Å². The van der Waals surface area contributed by atoms with E-state index < -0.39 is 0 Å². The minimum Gasteiger partial charge on any atom is -0.309 e. The summed E-state index contributed by atoms with van der Waals surface area (Å²) < 4.78 is 0. The molecule has 2 aliphatic carbocycles. The van der Waals surface area contributed by atoms with Gasteiger partial charge >= 0.3 is 0 Å². The fourth-order valence-corrected chi connectivity index (χ4v) is 15.1. The van der Waals surface area contributed by atoms with Crippen molar-refractivity contribution in [3.05, 3.63) is 336 Å². The molecule has 0 radical (unpaired) electrons. The summed E-state index contributed by atoms with van der Waals surface area (Å²) in [4.78, 5) is 5.01. The number of hydrogen-bond acceptors (Lipinski definition) is 2. The zero-order chi connectivity index (χ0) is 60.2. The standard InChI is InChI=1S/C88H64N2/c1-87(2)79-51-59(43-47-73(79)75-49-45-65(55-81(75)87)89(83-33-17-23-61-19-5-11-27-69(61)83)85-53-63-21-7-9-25-67(63)71-29-13-15-31-77(71)85)41-39-57-35-37-58(38-36-57)40-42-60-44-48-74-76-50-46-66(56-82(76)88(3,4)80(74)52-60)90(84-34-18-24-62-20-6-12-28-70(62)84)86-54-64-22-8-10-26-68(64)72-30-14-16-32-78(72)86/h5-56H,1-4H3. The van der Waals surface area contributed by atoms with Crippen LogP contribution in [0.2, 0.25) is 0 Å². The molecule has 0 spiro atoms. The van der Waals surface area contributed by atoms with E-state index in [1.807, 2.05) is 0 Å². The summed E-state index contributed by atoms with van der Waals surface area (Å²) in [6, 6.07) is 108. The second-order valence-corrected chi connectivity index (χ2v) is 25.6. The second-order valence-electron chi connectivity index (χ2n) is 25.6. The Kier molecular flexibility index (Phi) is 12.3. The van der Waals surface area contributed by atoms with E-state index >= 15 is 0 Å². The maximum absolute atomic E-state index is 2.50. The van der Waals surface area contributed by atoms with Crippen molar-refractivity contribution < 1.29 is 0 Å². The molecule has 0 unspecified atom stereocenters. The Bertz CT molecular complexity index is 5150. The van der Waals surface area contributed by atoms with Gasteiger partial charge in [-0.25, -0.2) is 0 Å². The van der Waals surface area contributed by atoms with E-state index in [9.17, 15) is 0 Å². The smallest absolute Gasteiger partial charge is 0.0546 e. The molecular formula is C88H64N2. The number of nitrogens with zero attached hydrogens (tertiary/aromatic N) is 2. The molecule has 0 bridgehead atoms. The van der Waals surface area contributed by atoms with Crippen LogP contribution in [0.25, 0.3) is 111 Å². The Balaban J connectivity index is 0.639. The summed E-state index contributed by atoms with van der Waals surface area (Å²) in [7, 11) is 0. The van der Waals surface area contributed by atoms with E-state index in [-0.39, 0.29) is 10.8 Å². The van der Waals surface area contributed by atoms with Crippen molar-refractivity contribution >= 4 is 123 Å². The molecule has 0 N–H and O–H groups in total. The van der Waals surface area contributed by atoms with Gasteiger partial charge in [-0.05, 0) is 158 Å². The highest BCUT2D eigenvalue weighted by Gasteiger charge is 2.38. The average molecular weight is 1150 g/mol. The van der Waals surface area contributed by atoms with Crippen molar-refractivity contribution in [1.29, 1.82) is 0 Å². The fraction of sp³-hybridized carbons (Fsp3) is 0.0682. The molecule has 0 saturated carbocycles. The van der Waals surface area contributed by atoms with Gasteiger partial charge in [-0.3, -0.25) is 0 Å². The fourth-order valence-electron chi connectivity index (χ4n) is 15.1. The summed E-state index contributed by atoms with van der Waals surface area (Å²) in [5, 5.41) is 14.8. The molecule has 2 heteroatoms. The Morgan fingerprint density at radius 3 is 0.933 bits per heavy atom. The predicted molar refractivity (Wildman–Crippen MR) is 387 cm³/mol. The summed E-state index contributed by atoms with van der Waals surface area (Å²) in [5.41, 5.74) is 21.8. The maximum Gasteiger partial charge on any atom is 0.0546 e. The van der Waals surface area contributed by atoms with Crippen LogP contribution < -0.4 is 9.80 Å². The van der Waals surface area contributed by atoms with Gasteiger partial charge in [0.1, 0.15) is 0 Å². The molecule has 2 nitrogen and oxygen atoms in total. The van der Waals surface area contributed by atoms with E-state index in [2.05, 4.69) is 353 Å². The van der Waals surface area contributed by atoms with Gasteiger partial charge < -0.3 is 9.80 Å². The lowest BCUT2D eigenvalue weighted by Crippen LogP contribution is -2.17. The Hall–Kier alpha value is -11.1. The van der Waals surface area contributed by atoms with Crippen molar-refractivity contribution in [1.82, 2.24) is 0 Å². The number of anilines is 6. The van der Waals surface area contributed by atoms with E-state index in [0.29, 0.717) is 0 Å². The molecular weight excluding hydrogens is 1080 g/mol. The van der Waals surface area contributed by atoms with E-state index in [4.69, 9.17) is 0 Å². The van der Waals surface area contributed by atoms with E-state index in [0.717, 1.165) is 22.7 Å². The van der Waals surface area contributed by atoms with Crippen molar-refractivity contribution in [2.75, 3.05) is 9.80 Å². The summed E-state index contributed by atoms with van der Waals surface area (Å²) in [6.07, 6.45) is 9.02. The van der Waals surface area contributed by atoms with Crippen LogP contribution in [-0.2, 0) is 10.8 Å². The molecule has 15 aromatic carbocycles. The largest absolute Gasteiger partial charge is 0.309 e. The predicted octanol–water partition coefficient (Wildman–Crippen LogP) is 24.5. The molecule has 0 aromatic heterocycles. The zero-order valence-corrected chi connectivity index (χ0v) is 50.9. The highest BCUT2D eigenvalue weighted by Crippen LogP contribution is 2.55. The van der Waals surface area contributed by atoms with Gasteiger partial charge in [0.2, 0.25) is 0 Å². The van der Waals surface area contributed by atoms with E-state index in [1.165, 1.54) is 143 Å². The van der Waals surface area contributed by atoms with Crippen LogP contribution in [-0.4, -0.2) is 0 Å². The SMILES string of the molecule is CC1(C)c2cc(C=Cc3ccc(C=Cc4ccc5c(c4)C(C)(C)c4cc(N(c6cccc7ccccc67)c6cc7ccccc7c7ccccc67)ccc4-5)cc3)ccc2-c2ccc(N(c3cccc4ccccc34)c3cc4ccccc4c4ccccc34)cc21. The van der Waals surface area contributed by atoms with Crippen molar-refractivity contribution in [3.63, 3.8) is 0 Å². The van der Waals surface area contributed by atoms with Crippen molar-refractivity contribution in [2.45, 2.75) is 38.5 Å². The van der Waals surface area contributed by atoms with Crippen LogP contribution in [0.5, 0.6) is 0 Å². The zero-order valence-electron chi connectivity index (χ0n) is 50.9. The molecule has 0 saturated heterocycles. The third kappa shape index (κ3) is 8.62. The summed E-state index contributed by atoms with van der Waals surface area (Å²) in [5.74, 6) is 0. The minimum absolute atomic E-state index is 0.230. The van der Waals surface area contributed by atoms with Gasteiger partial charge in [0.25, 0.3) is 0 Å². The van der Waals surface area contributed by atoms with Crippen LogP contribution in [0.15, 0.2) is 291 Å². The third-order valence-electron chi connectivity index (χ3n) is 19.7. The van der Waals surface area contributed by atoms with Gasteiger partial charge in [-0.1, -0.05) is 295 Å². The number of fused-ring (bicyclic) bond motifs is 14.